The summed E-state index contributed by atoms with van der Waals surface area (Å²) in [6.07, 6.45) is 0.125. The molecular weight excluding hydrogens is 470 g/mol. The quantitative estimate of drug-likeness (QED) is 0.490. The van der Waals surface area contributed by atoms with Crippen LogP contribution in [0.25, 0.3) is 0 Å². The number of nitrogens with one attached hydrogen (secondary N) is 1. The minimum atomic E-state index is -3.82. The number of ether oxygens (including phenoxy) is 2. The van der Waals surface area contributed by atoms with Gasteiger partial charge in [0.15, 0.2) is 15.3 Å². The number of sulfone groups is 1. The third-order valence-corrected chi connectivity index (χ3v) is 8.91. The largest absolute Gasteiger partial charge is 0.483 e. The second kappa shape index (κ2) is 8.18. The molecule has 2 heterocycles. The molecule has 2 aliphatic carbocycles. The maximum absolute atomic E-state index is 12.2. The molecule has 35 heavy (non-hydrogen) atoms. The van der Waals surface area contributed by atoms with E-state index in [9.17, 15) is 23.7 Å². The summed E-state index contributed by atoms with van der Waals surface area (Å²) in [4.78, 5) is 0. The molecule has 0 aromatic heterocycles. The summed E-state index contributed by atoms with van der Waals surface area (Å²) in [5.74, 6) is 1.37. The van der Waals surface area contributed by atoms with Gasteiger partial charge in [0.25, 0.3) is 0 Å². The zero-order valence-corrected chi connectivity index (χ0v) is 20.4. The van der Waals surface area contributed by atoms with E-state index in [0.717, 1.165) is 61.0 Å². The molecule has 3 fully saturated rings. The van der Waals surface area contributed by atoms with Crippen molar-refractivity contribution in [3.8, 4) is 5.75 Å². The van der Waals surface area contributed by atoms with Crippen molar-refractivity contribution in [1.82, 2.24) is 0 Å². The van der Waals surface area contributed by atoms with Gasteiger partial charge in [-0.2, -0.15) is 0 Å². The Morgan fingerprint density at radius 3 is 2.49 bits per heavy atom. The third-order valence-electron chi connectivity index (χ3n) is 7.68. The molecule has 2 aromatic carbocycles. The molecule has 188 valence electrons. The molecule has 4 aliphatic rings. The van der Waals surface area contributed by atoms with Crippen LogP contribution < -0.4 is 10.1 Å². The van der Waals surface area contributed by atoms with Gasteiger partial charge in [-0.15, -0.1) is 0 Å². The lowest BCUT2D eigenvalue weighted by Crippen LogP contribution is -2.56. The molecule has 2 aliphatic heterocycles. The first-order valence-electron chi connectivity index (χ1n) is 12.2. The first-order chi connectivity index (χ1) is 16.6. The summed E-state index contributed by atoms with van der Waals surface area (Å²) in [6, 6.07) is 12.0. The Labute approximate surface area is 204 Å². The molecule has 8 nitrogen and oxygen atoms in total. The van der Waals surface area contributed by atoms with Gasteiger partial charge >= 0.3 is 0 Å². The fourth-order valence-corrected chi connectivity index (χ4v) is 6.29. The molecule has 1 spiro atoms. The molecule has 1 saturated heterocycles. The molecule has 0 unspecified atom stereocenters. The first-order valence-corrected chi connectivity index (χ1v) is 14.2. The molecule has 0 amide bonds. The number of aliphatic hydroxyl groups is 3. The monoisotopic (exact) mass is 501 g/mol. The smallest absolute Gasteiger partial charge is 0.187 e. The topological polar surface area (TPSA) is 125 Å². The normalized spacial score (nSPS) is 31.4. The Balaban J connectivity index is 1.30. The summed E-state index contributed by atoms with van der Waals surface area (Å²) < 4.78 is 36.2. The van der Waals surface area contributed by atoms with Gasteiger partial charge in [-0.05, 0) is 72.4 Å². The lowest BCUT2D eigenvalue weighted by molar-refractivity contribution is -0.202. The van der Waals surface area contributed by atoms with Crippen LogP contribution in [0.3, 0.4) is 0 Å². The molecular formula is C26H31NO7S. The van der Waals surface area contributed by atoms with E-state index in [1.165, 1.54) is 5.56 Å². The summed E-state index contributed by atoms with van der Waals surface area (Å²) in [6.45, 7) is 0.818. The second-order valence-corrected chi connectivity index (χ2v) is 12.7. The highest BCUT2D eigenvalue weighted by atomic mass is 32.2. The summed E-state index contributed by atoms with van der Waals surface area (Å²) in [5.41, 5.74) is 3.35. The van der Waals surface area contributed by atoms with Gasteiger partial charge in [0.1, 0.15) is 35.8 Å². The molecule has 4 N–H and O–H groups in total. The lowest BCUT2D eigenvalue weighted by Gasteiger charge is -2.40. The molecule has 5 atom stereocenters. The molecule has 6 rings (SSSR count). The zero-order valence-electron chi connectivity index (χ0n) is 19.6. The van der Waals surface area contributed by atoms with E-state index in [1.54, 1.807) is 0 Å². The summed E-state index contributed by atoms with van der Waals surface area (Å²) in [7, 11) is -3.82. The number of rotatable bonds is 5. The molecule has 0 radical (unpaired) electrons. The minimum absolute atomic E-state index is 0.0230. The highest BCUT2D eigenvalue weighted by Crippen LogP contribution is 2.47. The molecule has 2 saturated carbocycles. The Morgan fingerprint density at radius 2 is 1.80 bits per heavy atom. The van der Waals surface area contributed by atoms with E-state index in [0.29, 0.717) is 17.9 Å². The highest BCUT2D eigenvalue weighted by Gasteiger charge is 2.49. The standard InChI is InChI=1S/C26H31NO7S/c1-35(31,32)25-23(30)21(28)22(29)24(33-25)16-5-6-18(15-3-4-15)17(12-16)10-14-2-7-20-19(11-14)27-13-26(34-20)8-9-26/h2,5-7,11-12,15,21-25,27-30H,3-4,8-10,13H2,1H3/t21-,22-,23+,24+,25-/m1/s1. The van der Waals surface area contributed by atoms with E-state index in [4.69, 9.17) is 9.47 Å². The number of anilines is 1. The lowest BCUT2D eigenvalue weighted by atomic mass is 9.89. The van der Waals surface area contributed by atoms with Crippen LogP contribution in [0.1, 0.15) is 60.0 Å². The highest BCUT2D eigenvalue weighted by molar-refractivity contribution is 7.91. The third kappa shape index (κ3) is 4.34. The number of aliphatic hydroxyl groups excluding tert-OH is 3. The van der Waals surface area contributed by atoms with Crippen LogP contribution in [0.15, 0.2) is 36.4 Å². The van der Waals surface area contributed by atoms with Crippen molar-refractivity contribution in [3.63, 3.8) is 0 Å². The van der Waals surface area contributed by atoms with Gasteiger partial charge in [0.05, 0.1) is 12.2 Å². The summed E-state index contributed by atoms with van der Waals surface area (Å²) >= 11 is 0. The van der Waals surface area contributed by atoms with Crippen molar-refractivity contribution in [2.75, 3.05) is 18.1 Å². The second-order valence-electron chi connectivity index (χ2n) is 10.6. The Hall–Kier alpha value is -2.17. The van der Waals surface area contributed by atoms with E-state index < -0.39 is 39.7 Å². The minimum Gasteiger partial charge on any atom is -0.483 e. The first kappa shape index (κ1) is 23.2. The van der Waals surface area contributed by atoms with Crippen LogP contribution in [-0.4, -0.2) is 65.9 Å². The van der Waals surface area contributed by atoms with Crippen molar-refractivity contribution < 1.29 is 33.2 Å². The van der Waals surface area contributed by atoms with Crippen LogP contribution in [0.5, 0.6) is 5.75 Å². The van der Waals surface area contributed by atoms with E-state index in [2.05, 4.69) is 17.4 Å². The number of fused-ring (bicyclic) bond motifs is 1. The molecule has 0 bridgehead atoms. The number of hydrogen-bond donors (Lipinski definition) is 4. The van der Waals surface area contributed by atoms with Crippen LogP contribution in [0.4, 0.5) is 5.69 Å². The number of benzene rings is 2. The average molecular weight is 502 g/mol. The Kier molecular flexibility index (Phi) is 5.43. The van der Waals surface area contributed by atoms with Gasteiger partial charge in [-0.3, -0.25) is 0 Å². The van der Waals surface area contributed by atoms with E-state index in [-0.39, 0.29) is 5.60 Å². The van der Waals surface area contributed by atoms with Crippen molar-refractivity contribution >= 4 is 15.5 Å². The Morgan fingerprint density at radius 1 is 1.03 bits per heavy atom. The van der Waals surface area contributed by atoms with Gasteiger partial charge in [-0.1, -0.05) is 24.3 Å². The summed E-state index contributed by atoms with van der Waals surface area (Å²) in [5, 5.41) is 34.7. The van der Waals surface area contributed by atoms with Crippen LogP contribution in [0, 0.1) is 0 Å². The van der Waals surface area contributed by atoms with Crippen molar-refractivity contribution in [1.29, 1.82) is 0 Å². The predicted octanol–water partition coefficient (Wildman–Crippen LogP) is 2.02. The van der Waals surface area contributed by atoms with Gasteiger partial charge in [-0.25, -0.2) is 8.42 Å². The van der Waals surface area contributed by atoms with Gasteiger partial charge in [0.2, 0.25) is 0 Å². The SMILES string of the molecule is CS(=O)(=O)[C@H]1O[C@@H](c2ccc(C3CC3)c(Cc3ccc4c(c3)NCC3(CC3)O4)c2)[C@H](O)[C@@H](O)[C@@H]1O. The fraction of sp³-hybridized carbons (Fsp3) is 0.538. The van der Waals surface area contributed by atoms with Gasteiger partial charge < -0.3 is 30.1 Å². The maximum atomic E-state index is 12.2. The van der Waals surface area contributed by atoms with Crippen molar-refractivity contribution in [3.05, 3.63) is 58.7 Å². The zero-order chi connectivity index (χ0) is 24.5. The molecule has 9 heteroatoms. The average Bonchev–Trinajstić information content (AvgIpc) is 3.74. The van der Waals surface area contributed by atoms with E-state index >= 15 is 0 Å². The maximum Gasteiger partial charge on any atom is 0.187 e. The van der Waals surface area contributed by atoms with Crippen LogP contribution in [-0.2, 0) is 21.0 Å². The fourth-order valence-electron chi connectivity index (χ4n) is 5.30. The van der Waals surface area contributed by atoms with Crippen molar-refractivity contribution in [2.24, 2.45) is 0 Å². The molecule has 2 aromatic rings. The van der Waals surface area contributed by atoms with Crippen LogP contribution >= 0.6 is 0 Å². The predicted molar refractivity (Wildman–Crippen MR) is 129 cm³/mol. The van der Waals surface area contributed by atoms with E-state index in [1.807, 2.05) is 24.3 Å². The van der Waals surface area contributed by atoms with Crippen molar-refractivity contribution in [2.45, 2.75) is 73.5 Å². The van der Waals surface area contributed by atoms with Crippen LogP contribution in [0.2, 0.25) is 0 Å². The van der Waals surface area contributed by atoms with Gasteiger partial charge in [0, 0.05) is 6.26 Å². The number of hydrogen-bond acceptors (Lipinski definition) is 8. The Bertz CT molecular complexity index is 1250.